The molecule has 2 N–H and O–H groups in total. The van der Waals surface area contributed by atoms with Crippen LogP contribution in [-0.2, 0) is 10.0 Å². The second kappa shape index (κ2) is 9.16. The molecule has 0 aliphatic rings. The van der Waals surface area contributed by atoms with Gasteiger partial charge < -0.3 is 4.74 Å². The molecular formula is C18H20ClFN2O4S. The van der Waals surface area contributed by atoms with Gasteiger partial charge in [0.2, 0.25) is 0 Å². The summed E-state index contributed by atoms with van der Waals surface area (Å²) in [5, 5.41) is 0.0613. The molecule has 146 valence electrons. The largest absolute Gasteiger partial charge is 0.494 e. The minimum atomic E-state index is -4.28. The monoisotopic (exact) mass is 414 g/mol. The Labute approximate surface area is 162 Å². The van der Waals surface area contributed by atoms with E-state index in [1.165, 1.54) is 18.2 Å². The van der Waals surface area contributed by atoms with Crippen molar-refractivity contribution in [2.75, 3.05) is 6.61 Å². The number of rotatable bonds is 8. The van der Waals surface area contributed by atoms with E-state index >= 15 is 0 Å². The van der Waals surface area contributed by atoms with Gasteiger partial charge in [-0.1, -0.05) is 25.4 Å². The van der Waals surface area contributed by atoms with Crippen LogP contribution in [0.3, 0.4) is 0 Å². The number of benzene rings is 2. The van der Waals surface area contributed by atoms with Crippen molar-refractivity contribution in [3.63, 3.8) is 0 Å². The zero-order valence-corrected chi connectivity index (χ0v) is 16.4. The van der Waals surface area contributed by atoms with E-state index in [1.54, 1.807) is 12.1 Å². The Bertz CT molecular complexity index is 902. The second-order valence-electron chi connectivity index (χ2n) is 6.19. The van der Waals surface area contributed by atoms with Crippen LogP contribution in [0.1, 0.15) is 30.6 Å². The predicted molar refractivity (Wildman–Crippen MR) is 101 cm³/mol. The summed E-state index contributed by atoms with van der Waals surface area (Å²) < 4.78 is 43.5. The number of halogens is 2. The average Bonchev–Trinajstić information content (AvgIpc) is 2.59. The summed E-state index contributed by atoms with van der Waals surface area (Å²) in [5.74, 6) is -0.585. The van der Waals surface area contributed by atoms with E-state index in [9.17, 15) is 17.6 Å². The maximum absolute atomic E-state index is 13.8. The molecule has 2 aromatic rings. The lowest BCUT2D eigenvalue weighted by molar-refractivity contribution is 0.0945. The third-order valence-electron chi connectivity index (χ3n) is 3.56. The van der Waals surface area contributed by atoms with Crippen LogP contribution >= 0.6 is 11.6 Å². The van der Waals surface area contributed by atoms with Gasteiger partial charge in [-0.2, -0.15) is 0 Å². The lowest BCUT2D eigenvalue weighted by Gasteiger charge is -2.10. The topological polar surface area (TPSA) is 84.5 Å². The summed E-state index contributed by atoms with van der Waals surface area (Å²) in [4.78, 5) is 13.3. The molecule has 9 heteroatoms. The molecule has 6 nitrogen and oxygen atoms in total. The fourth-order valence-electron chi connectivity index (χ4n) is 2.05. The van der Waals surface area contributed by atoms with E-state index in [4.69, 9.17) is 16.3 Å². The van der Waals surface area contributed by atoms with Crippen LogP contribution < -0.4 is 15.0 Å². The molecule has 0 atom stereocenters. The third-order valence-corrected chi connectivity index (χ3v) is 5.08. The van der Waals surface area contributed by atoms with Gasteiger partial charge in [0, 0.05) is 10.6 Å². The van der Waals surface area contributed by atoms with E-state index < -0.39 is 26.6 Å². The first kappa shape index (κ1) is 21.1. The molecule has 0 heterocycles. The number of sulfonamides is 1. The molecule has 0 unspecified atom stereocenters. The van der Waals surface area contributed by atoms with Crippen molar-refractivity contribution >= 4 is 27.5 Å². The molecule has 0 radical (unpaired) electrons. The van der Waals surface area contributed by atoms with Crippen molar-refractivity contribution < 1.29 is 22.3 Å². The van der Waals surface area contributed by atoms with E-state index in [0.717, 1.165) is 18.6 Å². The SMILES string of the molecule is CC(C)CCOc1ccc(C(=O)NNS(=O)(=O)c2ccc(Cl)cc2F)cc1. The number of hydrazine groups is 1. The molecule has 0 bridgehead atoms. The Balaban J connectivity index is 1.96. The Morgan fingerprint density at radius 3 is 2.44 bits per heavy atom. The van der Waals surface area contributed by atoms with Crippen molar-refractivity contribution in [1.82, 2.24) is 10.3 Å². The molecular weight excluding hydrogens is 395 g/mol. The van der Waals surface area contributed by atoms with Crippen LogP contribution in [0, 0.1) is 11.7 Å². The number of hydrogen-bond acceptors (Lipinski definition) is 4. The van der Waals surface area contributed by atoms with Crippen LogP contribution in [0.25, 0.3) is 0 Å². The number of amides is 1. The molecule has 2 aromatic carbocycles. The maximum Gasteiger partial charge on any atom is 0.266 e. The van der Waals surface area contributed by atoms with Crippen LogP contribution in [-0.4, -0.2) is 20.9 Å². The van der Waals surface area contributed by atoms with Gasteiger partial charge in [0.15, 0.2) is 0 Å². The quantitative estimate of drug-likeness (QED) is 0.647. The maximum atomic E-state index is 13.8. The summed E-state index contributed by atoms with van der Waals surface area (Å²) in [5.41, 5.74) is 2.25. The number of ether oxygens (including phenoxy) is 1. The Morgan fingerprint density at radius 1 is 1.19 bits per heavy atom. The zero-order chi connectivity index (χ0) is 20.0. The minimum Gasteiger partial charge on any atom is -0.494 e. The number of nitrogens with one attached hydrogen (secondary N) is 2. The zero-order valence-electron chi connectivity index (χ0n) is 14.8. The van der Waals surface area contributed by atoms with Crippen molar-refractivity contribution in [2.45, 2.75) is 25.2 Å². The fraction of sp³-hybridized carbons (Fsp3) is 0.278. The van der Waals surface area contributed by atoms with Gasteiger partial charge in [-0.3, -0.25) is 10.2 Å². The Hall–Kier alpha value is -2.16. The smallest absolute Gasteiger partial charge is 0.266 e. The van der Waals surface area contributed by atoms with Gasteiger partial charge in [-0.15, -0.1) is 4.83 Å². The highest BCUT2D eigenvalue weighted by Crippen LogP contribution is 2.18. The minimum absolute atomic E-state index is 0.0613. The standard InChI is InChI=1S/C18H20ClFN2O4S/c1-12(2)9-10-26-15-6-3-13(4-7-15)18(23)21-22-27(24,25)17-8-5-14(19)11-16(17)20/h3-8,11-12,22H,9-10H2,1-2H3,(H,21,23). The lowest BCUT2D eigenvalue weighted by Crippen LogP contribution is -2.41. The summed E-state index contributed by atoms with van der Waals surface area (Å²) in [6.07, 6.45) is 0.908. The normalized spacial score (nSPS) is 11.4. The molecule has 0 saturated carbocycles. The predicted octanol–water partition coefficient (Wildman–Crippen LogP) is 3.53. The number of carbonyl (C=O) groups is 1. The Kier molecular flexibility index (Phi) is 7.18. The first-order valence-electron chi connectivity index (χ1n) is 8.19. The number of carbonyl (C=O) groups excluding carboxylic acids is 1. The van der Waals surface area contributed by atoms with Crippen LogP contribution in [0.5, 0.6) is 5.75 Å². The first-order chi connectivity index (χ1) is 12.7. The molecule has 1 amide bonds. The van der Waals surface area contributed by atoms with Gasteiger partial charge in [-0.25, -0.2) is 12.8 Å². The third kappa shape index (κ3) is 6.20. The van der Waals surface area contributed by atoms with Crippen molar-refractivity contribution in [2.24, 2.45) is 5.92 Å². The molecule has 0 spiro atoms. The van der Waals surface area contributed by atoms with Crippen molar-refractivity contribution in [3.8, 4) is 5.75 Å². The van der Waals surface area contributed by atoms with E-state index in [0.29, 0.717) is 18.3 Å². The van der Waals surface area contributed by atoms with Gasteiger partial charge in [-0.05, 0) is 54.8 Å². The molecule has 0 fully saturated rings. The van der Waals surface area contributed by atoms with E-state index in [1.807, 2.05) is 10.3 Å². The highest BCUT2D eigenvalue weighted by atomic mass is 35.5. The summed E-state index contributed by atoms with van der Waals surface area (Å²) in [7, 11) is -4.28. The molecule has 0 saturated heterocycles. The van der Waals surface area contributed by atoms with Gasteiger partial charge in [0.05, 0.1) is 6.61 Å². The molecule has 2 rings (SSSR count). The Morgan fingerprint density at radius 2 is 1.85 bits per heavy atom. The lowest BCUT2D eigenvalue weighted by atomic mass is 10.1. The van der Waals surface area contributed by atoms with Crippen LogP contribution in [0.15, 0.2) is 47.4 Å². The van der Waals surface area contributed by atoms with Crippen molar-refractivity contribution in [3.05, 3.63) is 58.9 Å². The molecule has 0 aromatic heterocycles. The second-order valence-corrected chi connectivity index (χ2v) is 8.28. The highest BCUT2D eigenvalue weighted by molar-refractivity contribution is 7.89. The van der Waals surface area contributed by atoms with Crippen LogP contribution in [0.2, 0.25) is 5.02 Å². The van der Waals surface area contributed by atoms with Gasteiger partial charge >= 0.3 is 0 Å². The van der Waals surface area contributed by atoms with Crippen molar-refractivity contribution in [1.29, 1.82) is 0 Å². The molecule has 0 aliphatic heterocycles. The summed E-state index contributed by atoms with van der Waals surface area (Å²) in [6, 6.07) is 9.34. The average molecular weight is 415 g/mol. The van der Waals surface area contributed by atoms with E-state index in [2.05, 4.69) is 13.8 Å². The van der Waals surface area contributed by atoms with Gasteiger partial charge in [0.25, 0.3) is 15.9 Å². The first-order valence-corrected chi connectivity index (χ1v) is 10.0. The number of hydrogen-bond donors (Lipinski definition) is 2. The van der Waals surface area contributed by atoms with Crippen LogP contribution in [0.4, 0.5) is 4.39 Å². The fourth-order valence-corrected chi connectivity index (χ4v) is 3.11. The highest BCUT2D eigenvalue weighted by Gasteiger charge is 2.20. The van der Waals surface area contributed by atoms with E-state index in [-0.39, 0.29) is 10.6 Å². The molecule has 0 aliphatic carbocycles. The summed E-state index contributed by atoms with van der Waals surface area (Å²) >= 11 is 5.60. The summed E-state index contributed by atoms with van der Waals surface area (Å²) in [6.45, 7) is 4.75. The van der Waals surface area contributed by atoms with Gasteiger partial charge in [0.1, 0.15) is 16.5 Å². The molecule has 27 heavy (non-hydrogen) atoms.